The molecule has 5 nitrogen and oxygen atoms in total. The molecule has 3 amide bonds. The summed E-state index contributed by atoms with van der Waals surface area (Å²) in [4.78, 5) is 26.9. The van der Waals surface area contributed by atoms with E-state index in [1.807, 2.05) is 0 Å². The quantitative estimate of drug-likeness (QED) is 0.783. The van der Waals surface area contributed by atoms with Crippen LogP contribution < -0.4 is 5.32 Å². The van der Waals surface area contributed by atoms with Crippen LogP contribution in [-0.2, 0) is 4.79 Å². The van der Waals surface area contributed by atoms with Crippen LogP contribution in [0.4, 0.5) is 4.79 Å². The minimum absolute atomic E-state index is 0.185. The molecule has 0 aromatic heterocycles. The number of urea groups is 1. The van der Waals surface area contributed by atoms with Crippen molar-refractivity contribution in [2.45, 2.75) is 19.3 Å². The van der Waals surface area contributed by atoms with Crippen LogP contribution in [0.2, 0.25) is 0 Å². The Balaban J connectivity index is 2.29. The minimum atomic E-state index is -0.301. The first-order chi connectivity index (χ1) is 8.52. The molecule has 0 spiro atoms. The molecule has 1 aliphatic rings. The molecular formula is C12H22ClN3O2. The predicted molar refractivity (Wildman–Crippen MR) is 71.7 cm³/mol. The number of carbonyl (C=O) groups is 2. The fourth-order valence-corrected chi connectivity index (χ4v) is 2.35. The van der Waals surface area contributed by atoms with Gasteiger partial charge in [0.15, 0.2) is 0 Å². The average molecular weight is 276 g/mol. The molecule has 0 aromatic carbocycles. The first kappa shape index (κ1) is 15.2. The van der Waals surface area contributed by atoms with E-state index in [1.165, 1.54) is 0 Å². The summed E-state index contributed by atoms with van der Waals surface area (Å²) >= 11 is 5.44. The van der Waals surface area contributed by atoms with E-state index >= 15 is 0 Å². The van der Waals surface area contributed by atoms with Crippen molar-refractivity contribution in [2.24, 2.45) is 5.92 Å². The minimum Gasteiger partial charge on any atom is -0.324 e. The highest BCUT2D eigenvalue weighted by Gasteiger charge is 2.23. The van der Waals surface area contributed by atoms with Gasteiger partial charge in [-0.3, -0.25) is 10.1 Å². The van der Waals surface area contributed by atoms with Crippen LogP contribution in [0.15, 0.2) is 0 Å². The summed E-state index contributed by atoms with van der Waals surface area (Å²) in [6.07, 6.45) is 2.18. The lowest BCUT2D eigenvalue weighted by atomic mass is 9.97. The smallest absolute Gasteiger partial charge is 0.324 e. The summed E-state index contributed by atoms with van der Waals surface area (Å²) < 4.78 is 0. The van der Waals surface area contributed by atoms with Crippen LogP contribution in [0.25, 0.3) is 0 Å². The number of amides is 3. The predicted octanol–water partition coefficient (Wildman–Crippen LogP) is 1.13. The van der Waals surface area contributed by atoms with E-state index in [1.54, 1.807) is 4.90 Å². The highest BCUT2D eigenvalue weighted by atomic mass is 35.5. The van der Waals surface area contributed by atoms with Crippen molar-refractivity contribution in [3.63, 3.8) is 0 Å². The molecule has 6 heteroatoms. The van der Waals surface area contributed by atoms with Crippen LogP contribution in [0.3, 0.4) is 0 Å². The standard InChI is InChI=1S/C12H22ClN3O2/c1-15(2)9-10-4-7-16(8-5-10)12(18)14-11(17)3-6-13/h10H,3-9H2,1-2H3,(H,14,17,18). The number of nitrogens with one attached hydrogen (secondary N) is 1. The third-order valence-electron chi connectivity index (χ3n) is 3.09. The molecule has 0 atom stereocenters. The summed E-state index contributed by atoms with van der Waals surface area (Å²) in [6, 6.07) is -0.284. The van der Waals surface area contributed by atoms with Crippen LogP contribution in [-0.4, -0.2) is 61.3 Å². The van der Waals surface area contributed by atoms with E-state index in [-0.39, 0.29) is 24.2 Å². The Morgan fingerprint density at radius 3 is 2.44 bits per heavy atom. The third-order valence-corrected chi connectivity index (χ3v) is 3.28. The number of carbonyl (C=O) groups excluding carboxylic acids is 2. The van der Waals surface area contributed by atoms with Crippen molar-refractivity contribution in [3.8, 4) is 0 Å². The lowest BCUT2D eigenvalue weighted by molar-refractivity contribution is -0.119. The highest BCUT2D eigenvalue weighted by Crippen LogP contribution is 2.17. The fourth-order valence-electron chi connectivity index (χ4n) is 2.18. The van der Waals surface area contributed by atoms with Gasteiger partial charge in [0.2, 0.25) is 5.91 Å². The maximum Gasteiger partial charge on any atom is 0.324 e. The molecule has 0 aliphatic carbocycles. The normalized spacial score (nSPS) is 17.0. The summed E-state index contributed by atoms with van der Waals surface area (Å²) in [7, 11) is 4.12. The zero-order valence-electron chi connectivity index (χ0n) is 11.1. The van der Waals surface area contributed by atoms with Gasteiger partial charge in [-0.05, 0) is 32.9 Å². The topological polar surface area (TPSA) is 52.6 Å². The summed E-state index contributed by atoms with van der Waals surface area (Å²) in [6.45, 7) is 2.50. The molecule has 1 aliphatic heterocycles. The summed E-state index contributed by atoms with van der Waals surface area (Å²) in [5.74, 6) is 0.581. The molecule has 0 radical (unpaired) electrons. The molecule has 0 aromatic rings. The van der Waals surface area contributed by atoms with E-state index in [0.29, 0.717) is 5.92 Å². The Kier molecular flexibility index (Phi) is 6.43. The van der Waals surface area contributed by atoms with Gasteiger partial charge in [0.1, 0.15) is 0 Å². The van der Waals surface area contributed by atoms with Gasteiger partial charge in [0.25, 0.3) is 0 Å². The van der Waals surface area contributed by atoms with E-state index in [0.717, 1.165) is 32.5 Å². The Labute approximate surface area is 113 Å². The molecule has 1 N–H and O–H groups in total. The van der Waals surface area contributed by atoms with Crippen molar-refractivity contribution in [1.29, 1.82) is 0 Å². The number of hydrogen-bond donors (Lipinski definition) is 1. The number of nitrogens with zero attached hydrogens (tertiary/aromatic N) is 2. The molecule has 1 rings (SSSR count). The monoisotopic (exact) mass is 275 g/mol. The number of halogens is 1. The highest BCUT2D eigenvalue weighted by molar-refractivity contribution is 6.19. The second-order valence-electron chi connectivity index (χ2n) is 4.98. The SMILES string of the molecule is CN(C)CC1CCN(C(=O)NC(=O)CCCl)CC1. The van der Waals surface area contributed by atoms with Crippen LogP contribution in [0, 0.1) is 5.92 Å². The molecule has 0 saturated carbocycles. The number of rotatable bonds is 4. The Bertz CT molecular complexity index is 289. The number of alkyl halides is 1. The Hall–Kier alpha value is -0.810. The van der Waals surface area contributed by atoms with Gasteiger partial charge in [-0.25, -0.2) is 4.79 Å². The first-order valence-corrected chi connectivity index (χ1v) is 6.86. The number of hydrogen-bond acceptors (Lipinski definition) is 3. The Morgan fingerprint density at radius 1 is 1.33 bits per heavy atom. The lowest BCUT2D eigenvalue weighted by Crippen LogP contribution is -2.47. The third kappa shape index (κ3) is 5.23. The average Bonchev–Trinajstić information content (AvgIpc) is 2.29. The second kappa shape index (κ2) is 7.59. The number of piperidine rings is 1. The van der Waals surface area contributed by atoms with Gasteiger partial charge in [-0.1, -0.05) is 0 Å². The molecule has 18 heavy (non-hydrogen) atoms. The summed E-state index contributed by atoms with van der Waals surface area (Å²) in [5.41, 5.74) is 0. The van der Waals surface area contributed by atoms with Gasteiger partial charge in [-0.15, -0.1) is 11.6 Å². The molecule has 104 valence electrons. The van der Waals surface area contributed by atoms with Crippen molar-refractivity contribution >= 4 is 23.5 Å². The van der Waals surface area contributed by atoms with Gasteiger partial charge < -0.3 is 9.80 Å². The van der Waals surface area contributed by atoms with Gasteiger partial charge in [0, 0.05) is 31.9 Å². The first-order valence-electron chi connectivity index (χ1n) is 6.32. The van der Waals surface area contributed by atoms with Crippen LogP contribution in [0.5, 0.6) is 0 Å². The number of imide groups is 1. The van der Waals surface area contributed by atoms with Crippen molar-refractivity contribution in [1.82, 2.24) is 15.1 Å². The van der Waals surface area contributed by atoms with Gasteiger partial charge >= 0.3 is 6.03 Å². The fraction of sp³-hybridized carbons (Fsp3) is 0.833. The largest absolute Gasteiger partial charge is 0.324 e. The molecule has 1 heterocycles. The van der Waals surface area contributed by atoms with Crippen LogP contribution >= 0.6 is 11.6 Å². The molecule has 0 unspecified atom stereocenters. The van der Waals surface area contributed by atoms with E-state index in [2.05, 4.69) is 24.3 Å². The summed E-state index contributed by atoms with van der Waals surface area (Å²) in [5, 5.41) is 2.36. The Morgan fingerprint density at radius 2 is 1.94 bits per heavy atom. The van der Waals surface area contributed by atoms with Crippen molar-refractivity contribution in [2.75, 3.05) is 39.6 Å². The zero-order chi connectivity index (χ0) is 13.5. The molecule has 1 fully saturated rings. The van der Waals surface area contributed by atoms with E-state index in [4.69, 9.17) is 11.6 Å². The second-order valence-corrected chi connectivity index (χ2v) is 5.36. The maximum atomic E-state index is 11.8. The zero-order valence-corrected chi connectivity index (χ0v) is 11.9. The van der Waals surface area contributed by atoms with Crippen molar-refractivity contribution < 1.29 is 9.59 Å². The van der Waals surface area contributed by atoms with Gasteiger partial charge in [0.05, 0.1) is 0 Å². The van der Waals surface area contributed by atoms with Gasteiger partial charge in [-0.2, -0.15) is 0 Å². The lowest BCUT2D eigenvalue weighted by Gasteiger charge is -2.33. The number of likely N-dealkylation sites (tertiary alicyclic amines) is 1. The molecule has 1 saturated heterocycles. The maximum absolute atomic E-state index is 11.8. The van der Waals surface area contributed by atoms with Crippen molar-refractivity contribution in [3.05, 3.63) is 0 Å². The van der Waals surface area contributed by atoms with E-state index < -0.39 is 0 Å². The molecule has 0 bridgehead atoms. The van der Waals surface area contributed by atoms with E-state index in [9.17, 15) is 9.59 Å². The van der Waals surface area contributed by atoms with Crippen LogP contribution in [0.1, 0.15) is 19.3 Å². The molecular weight excluding hydrogens is 254 g/mol.